The van der Waals surface area contributed by atoms with Gasteiger partial charge in [-0.25, -0.2) is 0 Å². The fourth-order valence-corrected chi connectivity index (χ4v) is 3.67. The van der Waals surface area contributed by atoms with Crippen molar-refractivity contribution in [3.05, 3.63) is 70.2 Å². The molecule has 4 rings (SSSR count). The van der Waals surface area contributed by atoms with Crippen molar-refractivity contribution in [2.75, 3.05) is 0 Å². The van der Waals surface area contributed by atoms with Gasteiger partial charge >= 0.3 is 0 Å². The number of aromatic nitrogens is 3. The molecule has 0 bridgehead atoms. The molecule has 1 N–H and O–H groups in total. The van der Waals surface area contributed by atoms with Crippen LogP contribution >= 0.6 is 15.9 Å². The quantitative estimate of drug-likeness (QED) is 0.726. The lowest BCUT2D eigenvalue weighted by molar-refractivity contribution is 0.610. The summed E-state index contributed by atoms with van der Waals surface area (Å²) < 4.78 is 3.36. The number of aryl methyl sites for hydroxylation is 1. The van der Waals surface area contributed by atoms with Gasteiger partial charge in [0.2, 0.25) is 0 Å². The van der Waals surface area contributed by atoms with Gasteiger partial charge in [-0.05, 0) is 29.2 Å². The molecule has 4 nitrogen and oxygen atoms in total. The van der Waals surface area contributed by atoms with Crippen LogP contribution in [0.2, 0.25) is 0 Å². The molecule has 0 radical (unpaired) electrons. The van der Waals surface area contributed by atoms with Gasteiger partial charge in [-0.15, -0.1) is 10.2 Å². The van der Waals surface area contributed by atoms with Crippen LogP contribution in [0.5, 0.6) is 0 Å². The molecule has 122 valence electrons. The molecule has 5 heteroatoms. The van der Waals surface area contributed by atoms with Gasteiger partial charge < -0.3 is 9.88 Å². The van der Waals surface area contributed by atoms with Crippen LogP contribution in [0.3, 0.4) is 0 Å². The molecular weight excluding hydrogens is 364 g/mol. The molecule has 0 unspecified atom stereocenters. The van der Waals surface area contributed by atoms with Crippen molar-refractivity contribution in [1.82, 2.24) is 20.1 Å². The van der Waals surface area contributed by atoms with Crippen LogP contribution in [-0.4, -0.2) is 14.8 Å². The summed E-state index contributed by atoms with van der Waals surface area (Å²) in [6.07, 6.45) is 2.25. The normalized spacial score (nSPS) is 13.2. The van der Waals surface area contributed by atoms with Crippen molar-refractivity contribution in [1.29, 1.82) is 0 Å². The molecule has 3 aromatic rings. The van der Waals surface area contributed by atoms with E-state index < -0.39 is 0 Å². The van der Waals surface area contributed by atoms with Gasteiger partial charge in [-0.3, -0.25) is 0 Å². The Morgan fingerprint density at radius 3 is 2.67 bits per heavy atom. The van der Waals surface area contributed by atoms with E-state index in [9.17, 15) is 0 Å². The standard InChI is InChI=1S/C19H19BrN4/c20-17-5-2-1-4-16(17)15-9-7-14(8-10-15)12-21-13-19-23-22-18-6-3-11-24(18)19/h1-2,4-5,7-10,21H,3,6,11-13H2. The van der Waals surface area contributed by atoms with E-state index in [0.29, 0.717) is 0 Å². The first-order valence-electron chi connectivity index (χ1n) is 8.27. The molecular formula is C19H19BrN4. The topological polar surface area (TPSA) is 42.7 Å². The first-order chi connectivity index (χ1) is 11.8. The van der Waals surface area contributed by atoms with E-state index in [1.165, 1.54) is 23.1 Å². The third-order valence-corrected chi connectivity index (χ3v) is 5.13. The first kappa shape index (κ1) is 15.5. The van der Waals surface area contributed by atoms with Gasteiger partial charge in [0.1, 0.15) is 11.6 Å². The van der Waals surface area contributed by atoms with Gasteiger partial charge in [-0.2, -0.15) is 0 Å². The number of hydrogen-bond donors (Lipinski definition) is 1. The molecule has 2 heterocycles. The monoisotopic (exact) mass is 382 g/mol. The Labute approximate surface area is 150 Å². The summed E-state index contributed by atoms with van der Waals surface area (Å²) in [4.78, 5) is 0. The lowest BCUT2D eigenvalue weighted by atomic mass is 10.0. The van der Waals surface area contributed by atoms with E-state index in [-0.39, 0.29) is 0 Å². The highest BCUT2D eigenvalue weighted by Crippen LogP contribution is 2.27. The number of hydrogen-bond acceptors (Lipinski definition) is 3. The lowest BCUT2D eigenvalue weighted by Crippen LogP contribution is -2.16. The van der Waals surface area contributed by atoms with Crippen molar-refractivity contribution < 1.29 is 0 Å². The third-order valence-electron chi connectivity index (χ3n) is 4.44. The van der Waals surface area contributed by atoms with Crippen LogP contribution in [0.4, 0.5) is 0 Å². The third kappa shape index (κ3) is 3.14. The van der Waals surface area contributed by atoms with E-state index in [1.807, 2.05) is 6.07 Å². The van der Waals surface area contributed by atoms with Crippen molar-refractivity contribution in [2.24, 2.45) is 0 Å². The predicted molar refractivity (Wildman–Crippen MR) is 98.5 cm³/mol. The molecule has 1 aliphatic heterocycles. The Morgan fingerprint density at radius 1 is 1.00 bits per heavy atom. The van der Waals surface area contributed by atoms with Crippen molar-refractivity contribution in [3.63, 3.8) is 0 Å². The summed E-state index contributed by atoms with van der Waals surface area (Å²) in [7, 11) is 0. The van der Waals surface area contributed by atoms with E-state index in [0.717, 1.165) is 42.2 Å². The van der Waals surface area contributed by atoms with Crippen molar-refractivity contribution in [2.45, 2.75) is 32.5 Å². The maximum absolute atomic E-state index is 4.28. The van der Waals surface area contributed by atoms with Crippen LogP contribution in [0.1, 0.15) is 23.6 Å². The number of fused-ring (bicyclic) bond motifs is 1. The maximum Gasteiger partial charge on any atom is 0.147 e. The molecule has 0 fully saturated rings. The van der Waals surface area contributed by atoms with Gasteiger partial charge in [0.15, 0.2) is 0 Å². The zero-order valence-electron chi connectivity index (χ0n) is 13.4. The highest BCUT2D eigenvalue weighted by molar-refractivity contribution is 9.10. The molecule has 0 aliphatic carbocycles. The van der Waals surface area contributed by atoms with Crippen molar-refractivity contribution >= 4 is 15.9 Å². The highest BCUT2D eigenvalue weighted by Gasteiger charge is 2.16. The maximum atomic E-state index is 4.28. The molecule has 0 saturated heterocycles. The minimum atomic E-state index is 0.763. The highest BCUT2D eigenvalue weighted by atomic mass is 79.9. The molecule has 1 aliphatic rings. The molecule has 0 atom stereocenters. The fourth-order valence-electron chi connectivity index (χ4n) is 3.16. The Morgan fingerprint density at radius 2 is 1.83 bits per heavy atom. The number of nitrogens with one attached hydrogen (secondary N) is 1. The second-order valence-electron chi connectivity index (χ2n) is 6.07. The van der Waals surface area contributed by atoms with E-state index in [4.69, 9.17) is 0 Å². The lowest BCUT2D eigenvalue weighted by Gasteiger charge is -2.08. The molecule has 0 amide bonds. The van der Waals surface area contributed by atoms with Gasteiger partial charge in [-0.1, -0.05) is 58.4 Å². The summed E-state index contributed by atoms with van der Waals surface area (Å²) in [5.41, 5.74) is 3.71. The minimum absolute atomic E-state index is 0.763. The van der Waals surface area contributed by atoms with Crippen LogP contribution in [0.25, 0.3) is 11.1 Å². The van der Waals surface area contributed by atoms with E-state index in [2.05, 4.69) is 78.5 Å². The number of halogens is 1. The minimum Gasteiger partial charge on any atom is -0.314 e. The summed E-state index contributed by atoms with van der Waals surface area (Å²) in [6.45, 7) is 2.65. The van der Waals surface area contributed by atoms with E-state index in [1.54, 1.807) is 0 Å². The molecule has 24 heavy (non-hydrogen) atoms. The van der Waals surface area contributed by atoms with Gasteiger partial charge in [0.05, 0.1) is 6.54 Å². The van der Waals surface area contributed by atoms with Gasteiger partial charge in [0.25, 0.3) is 0 Å². The molecule has 0 saturated carbocycles. The fraction of sp³-hybridized carbons (Fsp3) is 0.263. The van der Waals surface area contributed by atoms with Crippen LogP contribution in [-0.2, 0) is 26.1 Å². The smallest absolute Gasteiger partial charge is 0.147 e. The zero-order valence-corrected chi connectivity index (χ0v) is 15.0. The molecule has 2 aromatic carbocycles. The number of rotatable bonds is 5. The van der Waals surface area contributed by atoms with Crippen molar-refractivity contribution in [3.8, 4) is 11.1 Å². The Kier molecular flexibility index (Phi) is 4.45. The Balaban J connectivity index is 1.38. The SMILES string of the molecule is Brc1ccccc1-c1ccc(CNCc2nnc3n2CCC3)cc1. The second kappa shape index (κ2) is 6.87. The average Bonchev–Trinajstić information content (AvgIpc) is 3.21. The van der Waals surface area contributed by atoms with Crippen LogP contribution in [0, 0.1) is 0 Å². The summed E-state index contributed by atoms with van der Waals surface area (Å²) in [6, 6.07) is 17.0. The largest absolute Gasteiger partial charge is 0.314 e. The van der Waals surface area contributed by atoms with Crippen LogP contribution < -0.4 is 5.32 Å². The summed E-state index contributed by atoms with van der Waals surface area (Å²) >= 11 is 3.61. The summed E-state index contributed by atoms with van der Waals surface area (Å²) in [5, 5.41) is 12.0. The predicted octanol–water partition coefficient (Wildman–Crippen LogP) is 3.94. The molecule has 1 aromatic heterocycles. The Bertz CT molecular complexity index is 839. The molecule has 0 spiro atoms. The first-order valence-corrected chi connectivity index (χ1v) is 9.06. The zero-order chi connectivity index (χ0) is 16.4. The van der Waals surface area contributed by atoms with Gasteiger partial charge in [0, 0.05) is 24.0 Å². The van der Waals surface area contributed by atoms with E-state index >= 15 is 0 Å². The second-order valence-corrected chi connectivity index (χ2v) is 6.92. The van der Waals surface area contributed by atoms with Crippen LogP contribution in [0.15, 0.2) is 53.0 Å². The number of nitrogens with zero attached hydrogens (tertiary/aromatic N) is 3. The Hall–Kier alpha value is -1.98. The average molecular weight is 383 g/mol. The summed E-state index contributed by atoms with van der Waals surface area (Å²) in [5.74, 6) is 2.18. The number of benzene rings is 2.